The molecule has 8 rings (SSSR count). The van der Waals surface area contributed by atoms with Gasteiger partial charge in [0.05, 0.1) is 56.7 Å². The number of hydrogen-bond acceptors (Lipinski definition) is 3. The minimum absolute atomic E-state index is 0.405. The van der Waals surface area contributed by atoms with Gasteiger partial charge in [0, 0.05) is 21.5 Å². The summed E-state index contributed by atoms with van der Waals surface area (Å²) in [5.74, 6) is 0. The Balaban J connectivity index is 1.58. The van der Waals surface area contributed by atoms with Crippen molar-refractivity contribution >= 4 is 43.6 Å². The van der Waals surface area contributed by atoms with E-state index in [1.54, 1.807) is 6.07 Å². The van der Waals surface area contributed by atoms with Gasteiger partial charge in [-0.2, -0.15) is 15.8 Å². The average molecular weight is 616 g/mol. The maximum absolute atomic E-state index is 11.1. The van der Waals surface area contributed by atoms with Crippen LogP contribution in [0.25, 0.3) is 66.1 Å². The molecule has 2 aromatic heterocycles. The van der Waals surface area contributed by atoms with Gasteiger partial charge in [0.2, 0.25) is 0 Å². The molecule has 0 saturated carbocycles. The molecule has 8 aromatic rings. The molecule has 0 aliphatic heterocycles. The predicted molar refractivity (Wildman–Crippen MR) is 194 cm³/mol. The zero-order valence-corrected chi connectivity index (χ0v) is 27.1. The third kappa shape index (κ3) is 4.36. The van der Waals surface area contributed by atoms with E-state index >= 15 is 0 Å². The second-order valence-electron chi connectivity index (χ2n) is 12.8. The summed E-state index contributed by atoms with van der Waals surface area (Å²) in [5, 5.41) is 35.3. The number of hydrogen-bond donors (Lipinski definition) is 0. The molecular weight excluding hydrogens is 587 g/mol. The monoisotopic (exact) mass is 615 g/mol. The van der Waals surface area contributed by atoms with Crippen LogP contribution in [0.5, 0.6) is 0 Å². The van der Waals surface area contributed by atoms with Crippen molar-refractivity contribution in [2.24, 2.45) is 0 Å². The number of rotatable bonds is 3. The van der Waals surface area contributed by atoms with Gasteiger partial charge in [0.25, 0.3) is 0 Å². The fourth-order valence-electron chi connectivity index (χ4n) is 7.19. The second kappa shape index (κ2) is 10.7. The van der Waals surface area contributed by atoms with E-state index in [-0.39, 0.29) is 0 Å². The Bertz CT molecular complexity index is 2510. The number of nitrogens with zero attached hydrogens (tertiary/aromatic N) is 5. The molecule has 0 fully saturated rings. The number of nitriles is 3. The van der Waals surface area contributed by atoms with Crippen LogP contribution < -0.4 is 0 Å². The van der Waals surface area contributed by atoms with Crippen molar-refractivity contribution in [3.63, 3.8) is 0 Å². The van der Waals surface area contributed by atoms with Crippen LogP contribution in [0.15, 0.2) is 103 Å². The molecule has 0 radical (unpaired) electrons. The predicted octanol–water partition coefficient (Wildman–Crippen LogP) is 10.4. The lowest BCUT2D eigenvalue weighted by atomic mass is 9.97. The highest BCUT2D eigenvalue weighted by Crippen LogP contribution is 2.41. The molecule has 0 spiro atoms. The Morgan fingerprint density at radius 2 is 0.729 bits per heavy atom. The van der Waals surface area contributed by atoms with Crippen LogP contribution >= 0.6 is 0 Å². The second-order valence-corrected chi connectivity index (χ2v) is 12.8. The minimum atomic E-state index is 0.405. The van der Waals surface area contributed by atoms with Gasteiger partial charge in [0.15, 0.2) is 0 Å². The largest absolute Gasteiger partial charge is 0.308 e. The highest BCUT2D eigenvalue weighted by atomic mass is 15.0. The van der Waals surface area contributed by atoms with Crippen molar-refractivity contribution in [2.75, 3.05) is 0 Å². The minimum Gasteiger partial charge on any atom is -0.308 e. The highest BCUT2D eigenvalue weighted by molar-refractivity contribution is 6.11. The van der Waals surface area contributed by atoms with E-state index in [1.807, 2.05) is 24.3 Å². The molecule has 6 aromatic carbocycles. The van der Waals surface area contributed by atoms with Crippen LogP contribution in [-0.2, 0) is 0 Å². The topological polar surface area (TPSA) is 81.2 Å². The SMILES string of the molecule is Cc1ccc2c(c1)c1cc(C)ccc1n2-c1cc(-c2cc(C#N)cc(C#N)c2)cc(-n2c3ccc(C)cc3c3cc(C)ccc32)c1C#N. The summed E-state index contributed by atoms with van der Waals surface area (Å²) in [5.41, 5.74) is 13.0. The lowest BCUT2D eigenvalue weighted by molar-refractivity contribution is 1.12. The van der Waals surface area contributed by atoms with Gasteiger partial charge >= 0.3 is 0 Å². The molecule has 0 N–H and O–H groups in total. The normalized spacial score (nSPS) is 11.3. The van der Waals surface area contributed by atoms with E-state index in [1.165, 1.54) is 0 Å². The van der Waals surface area contributed by atoms with Gasteiger partial charge in [-0.3, -0.25) is 0 Å². The zero-order valence-electron chi connectivity index (χ0n) is 27.1. The van der Waals surface area contributed by atoms with E-state index in [0.717, 1.165) is 88.4 Å². The fraction of sp³-hybridized carbons (Fsp3) is 0.0930. The molecule has 5 heteroatoms. The molecule has 5 nitrogen and oxygen atoms in total. The first-order valence-electron chi connectivity index (χ1n) is 15.9. The number of aryl methyl sites for hydroxylation is 4. The number of fused-ring (bicyclic) bond motifs is 6. The maximum Gasteiger partial charge on any atom is 0.104 e. The van der Waals surface area contributed by atoms with Gasteiger partial charge < -0.3 is 9.13 Å². The first-order chi connectivity index (χ1) is 23.3. The summed E-state index contributed by atoms with van der Waals surface area (Å²) >= 11 is 0. The molecule has 2 heterocycles. The van der Waals surface area contributed by atoms with Crippen molar-refractivity contribution < 1.29 is 0 Å². The molecule has 0 aliphatic rings. The number of aromatic nitrogens is 2. The summed E-state index contributed by atoms with van der Waals surface area (Å²) in [7, 11) is 0. The molecule has 0 amide bonds. The Hall–Kier alpha value is -6.61. The Morgan fingerprint density at radius 3 is 1.04 bits per heavy atom. The fourth-order valence-corrected chi connectivity index (χ4v) is 7.19. The van der Waals surface area contributed by atoms with Crippen LogP contribution in [-0.4, -0.2) is 9.13 Å². The standard InChI is InChI=1S/C43H29N5/c1-25-5-9-38-33(13-25)34-14-26(2)6-10-39(34)47(38)42-20-32(31-18-29(22-44)17-30(19-31)23-45)21-43(37(42)24-46)48-40-11-7-27(3)15-35(40)36-16-28(4)8-12-41(36)48/h5-21H,1-4H3. The Morgan fingerprint density at radius 1 is 0.396 bits per heavy atom. The smallest absolute Gasteiger partial charge is 0.104 e. The van der Waals surface area contributed by atoms with E-state index in [0.29, 0.717) is 16.7 Å². The Labute approximate surface area is 278 Å². The van der Waals surface area contributed by atoms with Crippen LogP contribution in [0, 0.1) is 61.7 Å². The summed E-state index contributed by atoms with van der Waals surface area (Å²) in [6, 6.07) is 42.1. The Kier molecular flexibility index (Phi) is 6.45. The average Bonchev–Trinajstić information content (AvgIpc) is 3.58. The maximum atomic E-state index is 11.1. The van der Waals surface area contributed by atoms with Crippen molar-refractivity contribution in [1.82, 2.24) is 9.13 Å². The quantitative estimate of drug-likeness (QED) is 0.198. The van der Waals surface area contributed by atoms with E-state index in [4.69, 9.17) is 0 Å². The molecule has 0 atom stereocenters. The molecule has 0 saturated heterocycles. The van der Waals surface area contributed by atoms with Gasteiger partial charge in [-0.1, -0.05) is 46.5 Å². The van der Waals surface area contributed by atoms with Crippen molar-refractivity contribution in [3.8, 4) is 40.7 Å². The lowest BCUT2D eigenvalue weighted by Gasteiger charge is -2.18. The molecule has 0 aliphatic carbocycles. The van der Waals surface area contributed by atoms with E-state index < -0.39 is 0 Å². The van der Waals surface area contributed by atoms with Gasteiger partial charge in [-0.05, 0) is 118 Å². The van der Waals surface area contributed by atoms with Crippen molar-refractivity contribution in [2.45, 2.75) is 27.7 Å². The van der Waals surface area contributed by atoms with Gasteiger partial charge in [-0.15, -0.1) is 0 Å². The third-order valence-corrected chi connectivity index (χ3v) is 9.37. The van der Waals surface area contributed by atoms with Crippen LogP contribution in [0.4, 0.5) is 0 Å². The van der Waals surface area contributed by atoms with E-state index in [2.05, 4.69) is 128 Å². The first-order valence-corrected chi connectivity index (χ1v) is 15.9. The van der Waals surface area contributed by atoms with E-state index in [9.17, 15) is 15.8 Å². The third-order valence-electron chi connectivity index (χ3n) is 9.37. The number of benzene rings is 6. The molecule has 48 heavy (non-hydrogen) atoms. The van der Waals surface area contributed by atoms with Crippen LogP contribution in [0.3, 0.4) is 0 Å². The first kappa shape index (κ1) is 28.8. The van der Waals surface area contributed by atoms with Crippen LogP contribution in [0.1, 0.15) is 38.9 Å². The highest BCUT2D eigenvalue weighted by Gasteiger charge is 2.23. The van der Waals surface area contributed by atoms with Crippen LogP contribution in [0.2, 0.25) is 0 Å². The molecule has 0 bridgehead atoms. The van der Waals surface area contributed by atoms with Gasteiger partial charge in [-0.25, -0.2) is 0 Å². The van der Waals surface area contributed by atoms with Gasteiger partial charge in [0.1, 0.15) is 11.6 Å². The zero-order chi connectivity index (χ0) is 33.3. The summed E-state index contributed by atoms with van der Waals surface area (Å²) in [6.45, 7) is 8.38. The van der Waals surface area contributed by atoms with Crippen molar-refractivity contribution in [1.29, 1.82) is 15.8 Å². The lowest BCUT2D eigenvalue weighted by Crippen LogP contribution is -2.05. The summed E-state index contributed by atoms with van der Waals surface area (Å²) in [4.78, 5) is 0. The molecule has 0 unspecified atom stereocenters. The molecule has 226 valence electrons. The van der Waals surface area contributed by atoms with Crippen molar-refractivity contribution in [3.05, 3.63) is 142 Å². The summed E-state index contributed by atoms with van der Waals surface area (Å²) in [6.07, 6.45) is 0. The molecular formula is C43H29N5. The summed E-state index contributed by atoms with van der Waals surface area (Å²) < 4.78 is 4.38.